The number of unbranched alkanes of at least 4 members (excludes halogenated alkanes) is 2. The van der Waals surface area contributed by atoms with E-state index >= 15 is 0 Å². The van der Waals surface area contributed by atoms with Gasteiger partial charge in [0.25, 0.3) is 0 Å². The average molecular weight is 260 g/mol. The molecular formula is C17H28N2. The van der Waals surface area contributed by atoms with Gasteiger partial charge in [-0.25, -0.2) is 0 Å². The highest BCUT2D eigenvalue weighted by Gasteiger charge is 2.27. The van der Waals surface area contributed by atoms with Crippen molar-refractivity contribution in [2.75, 3.05) is 19.6 Å². The SMILES string of the molecule is CCCCCN1CC(CC)NCC1c1ccccc1. The Labute approximate surface area is 118 Å². The number of piperazine rings is 1. The molecule has 0 radical (unpaired) electrons. The Hall–Kier alpha value is -0.860. The van der Waals surface area contributed by atoms with Gasteiger partial charge in [-0.15, -0.1) is 0 Å². The van der Waals surface area contributed by atoms with Gasteiger partial charge < -0.3 is 5.32 Å². The van der Waals surface area contributed by atoms with Crippen molar-refractivity contribution in [1.29, 1.82) is 0 Å². The first-order chi connectivity index (χ1) is 9.35. The number of nitrogens with one attached hydrogen (secondary N) is 1. The average Bonchev–Trinajstić information content (AvgIpc) is 2.48. The highest BCUT2D eigenvalue weighted by Crippen LogP contribution is 2.24. The number of hydrogen-bond donors (Lipinski definition) is 1. The molecule has 2 nitrogen and oxygen atoms in total. The van der Waals surface area contributed by atoms with Gasteiger partial charge in [-0.1, -0.05) is 57.0 Å². The Morgan fingerprint density at radius 3 is 2.63 bits per heavy atom. The minimum absolute atomic E-state index is 0.556. The third-order valence-electron chi connectivity index (χ3n) is 4.22. The Bertz CT molecular complexity index is 350. The summed E-state index contributed by atoms with van der Waals surface area (Å²) in [6.45, 7) is 8.09. The zero-order chi connectivity index (χ0) is 13.5. The molecule has 1 fully saturated rings. The van der Waals surface area contributed by atoms with Crippen molar-refractivity contribution in [3.05, 3.63) is 35.9 Å². The van der Waals surface area contributed by atoms with Crippen molar-refractivity contribution in [2.45, 2.75) is 51.6 Å². The molecule has 0 bridgehead atoms. The smallest absolute Gasteiger partial charge is 0.0473 e. The summed E-state index contributed by atoms with van der Waals surface area (Å²) < 4.78 is 0. The lowest BCUT2D eigenvalue weighted by molar-refractivity contribution is 0.126. The standard InChI is InChI=1S/C17H28N2/c1-3-5-9-12-19-14-16(4-2)18-13-17(19)15-10-7-6-8-11-15/h6-8,10-11,16-18H,3-5,9,12-14H2,1-2H3. The van der Waals surface area contributed by atoms with E-state index < -0.39 is 0 Å². The summed E-state index contributed by atoms with van der Waals surface area (Å²) in [5, 5.41) is 3.70. The lowest BCUT2D eigenvalue weighted by atomic mass is 9.99. The molecule has 1 aromatic rings. The monoisotopic (exact) mass is 260 g/mol. The van der Waals surface area contributed by atoms with Gasteiger partial charge in [0.15, 0.2) is 0 Å². The third-order valence-corrected chi connectivity index (χ3v) is 4.22. The Kier molecular flexibility index (Phi) is 5.87. The molecule has 106 valence electrons. The normalized spacial score (nSPS) is 24.5. The van der Waals surface area contributed by atoms with Crippen LogP contribution in [0.3, 0.4) is 0 Å². The first kappa shape index (κ1) is 14.5. The fourth-order valence-corrected chi connectivity index (χ4v) is 2.97. The highest BCUT2D eigenvalue weighted by atomic mass is 15.2. The first-order valence-electron chi connectivity index (χ1n) is 7.87. The third kappa shape index (κ3) is 4.05. The van der Waals surface area contributed by atoms with Gasteiger partial charge in [-0.2, -0.15) is 0 Å². The van der Waals surface area contributed by atoms with E-state index in [4.69, 9.17) is 0 Å². The number of rotatable bonds is 6. The molecule has 1 aliphatic rings. The number of nitrogens with zero attached hydrogens (tertiary/aromatic N) is 1. The van der Waals surface area contributed by atoms with Gasteiger partial charge >= 0.3 is 0 Å². The summed E-state index contributed by atoms with van der Waals surface area (Å²) in [6, 6.07) is 12.2. The summed E-state index contributed by atoms with van der Waals surface area (Å²) in [7, 11) is 0. The quantitative estimate of drug-likeness (QED) is 0.786. The van der Waals surface area contributed by atoms with E-state index in [2.05, 4.69) is 54.4 Å². The van der Waals surface area contributed by atoms with Crippen molar-refractivity contribution >= 4 is 0 Å². The minimum atomic E-state index is 0.556. The van der Waals surface area contributed by atoms with Crippen LogP contribution in [0.15, 0.2) is 30.3 Å². The molecule has 1 N–H and O–H groups in total. The molecule has 2 unspecified atom stereocenters. The van der Waals surface area contributed by atoms with Gasteiger partial charge in [-0.3, -0.25) is 4.90 Å². The van der Waals surface area contributed by atoms with Crippen molar-refractivity contribution in [1.82, 2.24) is 10.2 Å². The van der Waals surface area contributed by atoms with Crippen LogP contribution in [0, 0.1) is 0 Å². The fourth-order valence-electron chi connectivity index (χ4n) is 2.97. The lowest BCUT2D eigenvalue weighted by Gasteiger charge is -2.40. The van der Waals surface area contributed by atoms with E-state index in [0.29, 0.717) is 12.1 Å². The molecule has 0 amide bonds. The van der Waals surface area contributed by atoms with Gasteiger partial charge in [0.1, 0.15) is 0 Å². The van der Waals surface area contributed by atoms with E-state index in [1.54, 1.807) is 0 Å². The molecule has 19 heavy (non-hydrogen) atoms. The molecule has 2 heteroatoms. The van der Waals surface area contributed by atoms with Crippen LogP contribution < -0.4 is 5.32 Å². The van der Waals surface area contributed by atoms with Crippen LogP contribution in [0.4, 0.5) is 0 Å². The van der Waals surface area contributed by atoms with Gasteiger partial charge in [0.2, 0.25) is 0 Å². The molecule has 1 aromatic carbocycles. The van der Waals surface area contributed by atoms with Gasteiger partial charge in [0.05, 0.1) is 0 Å². The molecule has 1 saturated heterocycles. The summed E-state index contributed by atoms with van der Waals surface area (Å²) >= 11 is 0. The molecule has 0 aromatic heterocycles. The van der Waals surface area contributed by atoms with Crippen LogP contribution >= 0.6 is 0 Å². The molecule has 2 rings (SSSR count). The Morgan fingerprint density at radius 2 is 1.95 bits per heavy atom. The zero-order valence-electron chi connectivity index (χ0n) is 12.4. The summed E-state index contributed by atoms with van der Waals surface area (Å²) in [6.07, 6.45) is 5.21. The Morgan fingerprint density at radius 1 is 1.16 bits per heavy atom. The summed E-state index contributed by atoms with van der Waals surface area (Å²) in [4.78, 5) is 2.69. The van der Waals surface area contributed by atoms with Crippen LogP contribution in [0.5, 0.6) is 0 Å². The predicted octanol–water partition coefficient (Wildman–Crippen LogP) is 3.60. The Balaban J connectivity index is 2.02. The highest BCUT2D eigenvalue weighted by molar-refractivity contribution is 5.20. The molecule has 1 aliphatic heterocycles. The number of benzene rings is 1. The van der Waals surface area contributed by atoms with E-state index in [9.17, 15) is 0 Å². The van der Waals surface area contributed by atoms with E-state index in [-0.39, 0.29) is 0 Å². The second-order valence-electron chi connectivity index (χ2n) is 5.64. The second-order valence-corrected chi connectivity index (χ2v) is 5.64. The lowest BCUT2D eigenvalue weighted by Crippen LogP contribution is -2.52. The maximum atomic E-state index is 3.70. The molecule has 0 spiro atoms. The van der Waals surface area contributed by atoms with Crippen molar-refractivity contribution in [3.63, 3.8) is 0 Å². The minimum Gasteiger partial charge on any atom is -0.311 e. The van der Waals surface area contributed by atoms with E-state index in [1.807, 2.05) is 0 Å². The molecule has 2 atom stereocenters. The van der Waals surface area contributed by atoms with Crippen LogP contribution in [0.2, 0.25) is 0 Å². The topological polar surface area (TPSA) is 15.3 Å². The summed E-state index contributed by atoms with van der Waals surface area (Å²) in [5.41, 5.74) is 1.46. The van der Waals surface area contributed by atoms with Gasteiger partial charge in [0, 0.05) is 25.2 Å². The molecule has 0 aliphatic carbocycles. The van der Waals surface area contributed by atoms with Crippen molar-refractivity contribution in [3.8, 4) is 0 Å². The maximum Gasteiger partial charge on any atom is 0.0473 e. The van der Waals surface area contributed by atoms with Gasteiger partial charge in [-0.05, 0) is 24.9 Å². The summed E-state index contributed by atoms with van der Waals surface area (Å²) in [5.74, 6) is 0. The second kappa shape index (κ2) is 7.66. The largest absolute Gasteiger partial charge is 0.311 e. The van der Waals surface area contributed by atoms with E-state index in [0.717, 1.165) is 6.54 Å². The number of hydrogen-bond acceptors (Lipinski definition) is 2. The molecular weight excluding hydrogens is 232 g/mol. The van der Waals surface area contributed by atoms with Crippen molar-refractivity contribution < 1.29 is 0 Å². The maximum absolute atomic E-state index is 3.70. The molecule has 1 heterocycles. The zero-order valence-corrected chi connectivity index (χ0v) is 12.4. The van der Waals surface area contributed by atoms with Crippen molar-refractivity contribution in [2.24, 2.45) is 0 Å². The molecule has 0 saturated carbocycles. The fraction of sp³-hybridized carbons (Fsp3) is 0.647. The first-order valence-corrected chi connectivity index (χ1v) is 7.87. The van der Waals surface area contributed by atoms with Crippen LogP contribution in [0.1, 0.15) is 51.1 Å². The predicted molar refractivity (Wildman–Crippen MR) is 82.4 cm³/mol. The van der Waals surface area contributed by atoms with Crippen LogP contribution in [-0.4, -0.2) is 30.6 Å². The van der Waals surface area contributed by atoms with E-state index in [1.165, 1.54) is 44.3 Å². The van der Waals surface area contributed by atoms with Crippen LogP contribution in [-0.2, 0) is 0 Å². The van der Waals surface area contributed by atoms with Crippen LogP contribution in [0.25, 0.3) is 0 Å².